The first-order valence-electron chi connectivity index (χ1n) is 5.29. The van der Waals surface area contributed by atoms with Crippen LogP contribution in [0.2, 0.25) is 0 Å². The third kappa shape index (κ3) is 2.94. The molecule has 0 aromatic heterocycles. The fourth-order valence-electron chi connectivity index (χ4n) is 1.80. The van der Waals surface area contributed by atoms with E-state index in [1.807, 2.05) is 37.3 Å². The number of aliphatic hydroxyl groups excluding tert-OH is 1. The monoisotopic (exact) mass is 208 g/mol. The predicted octanol–water partition coefficient (Wildman–Crippen LogP) is 1.95. The second-order valence-electron chi connectivity index (χ2n) is 3.93. The predicted molar refractivity (Wildman–Crippen MR) is 56.6 cm³/mol. The fraction of sp³-hybridized carbons (Fsp3) is 0.500. The van der Waals surface area contributed by atoms with Gasteiger partial charge in [0.15, 0.2) is 0 Å². The van der Waals surface area contributed by atoms with E-state index in [0.29, 0.717) is 12.8 Å². The molecule has 0 bridgehead atoms. The second kappa shape index (κ2) is 4.64. The van der Waals surface area contributed by atoms with Crippen molar-refractivity contribution in [1.29, 1.82) is 0 Å². The number of rotatable bonds is 2. The molecule has 1 aliphatic rings. The Hall–Kier alpha value is -1.06. The summed E-state index contributed by atoms with van der Waals surface area (Å²) in [5, 5.41) is 9.57. The molecule has 1 aliphatic heterocycles. The van der Waals surface area contributed by atoms with E-state index in [2.05, 4.69) is 0 Å². The Labute approximate surface area is 89.6 Å². The normalized spacial score (nSPS) is 31.2. The highest BCUT2D eigenvalue weighted by Gasteiger charge is 2.26. The van der Waals surface area contributed by atoms with Crippen molar-refractivity contribution in [3.8, 4) is 5.75 Å². The average Bonchev–Trinajstić information content (AvgIpc) is 2.17. The van der Waals surface area contributed by atoms with Crippen LogP contribution in [0.3, 0.4) is 0 Å². The minimum absolute atomic E-state index is 0.0578. The topological polar surface area (TPSA) is 38.7 Å². The Morgan fingerprint density at radius 2 is 2.00 bits per heavy atom. The van der Waals surface area contributed by atoms with Crippen LogP contribution in [0.4, 0.5) is 0 Å². The maximum Gasteiger partial charge on any atom is 0.202 e. The molecule has 3 nitrogen and oxygen atoms in total. The molecule has 1 aromatic carbocycles. The van der Waals surface area contributed by atoms with Gasteiger partial charge in [0.05, 0.1) is 12.2 Å². The van der Waals surface area contributed by atoms with Crippen molar-refractivity contribution < 1.29 is 14.6 Å². The summed E-state index contributed by atoms with van der Waals surface area (Å²) < 4.78 is 11.2. The highest BCUT2D eigenvalue weighted by molar-refractivity contribution is 5.21. The molecule has 2 rings (SSSR count). The molecule has 82 valence electrons. The van der Waals surface area contributed by atoms with Gasteiger partial charge in [-0.2, -0.15) is 0 Å². The van der Waals surface area contributed by atoms with Gasteiger partial charge in [0.2, 0.25) is 6.29 Å². The highest BCUT2D eigenvalue weighted by atomic mass is 16.7. The molecule has 15 heavy (non-hydrogen) atoms. The summed E-state index contributed by atoms with van der Waals surface area (Å²) in [7, 11) is 0. The summed E-state index contributed by atoms with van der Waals surface area (Å²) in [6.07, 6.45) is 0.643. The maximum absolute atomic E-state index is 9.57. The van der Waals surface area contributed by atoms with Gasteiger partial charge in [-0.1, -0.05) is 18.2 Å². The summed E-state index contributed by atoms with van der Waals surface area (Å²) in [5.74, 6) is 0.781. The minimum Gasteiger partial charge on any atom is -0.465 e. The SMILES string of the molecule is CC1CC(O)CC(Oc2ccccc2)O1. The Balaban J connectivity index is 1.94. The minimum atomic E-state index is -0.328. The van der Waals surface area contributed by atoms with Crippen LogP contribution in [0.25, 0.3) is 0 Å². The molecule has 0 radical (unpaired) electrons. The van der Waals surface area contributed by atoms with E-state index < -0.39 is 0 Å². The zero-order valence-electron chi connectivity index (χ0n) is 8.80. The first kappa shape index (κ1) is 10.5. The molecule has 0 amide bonds. The summed E-state index contributed by atoms with van der Waals surface area (Å²) in [4.78, 5) is 0. The van der Waals surface area contributed by atoms with Crippen molar-refractivity contribution in [2.24, 2.45) is 0 Å². The van der Waals surface area contributed by atoms with Crippen LogP contribution in [-0.4, -0.2) is 23.6 Å². The van der Waals surface area contributed by atoms with Gasteiger partial charge in [-0.15, -0.1) is 0 Å². The summed E-state index contributed by atoms with van der Waals surface area (Å²) in [6.45, 7) is 1.95. The van der Waals surface area contributed by atoms with E-state index in [0.717, 1.165) is 5.75 Å². The van der Waals surface area contributed by atoms with Crippen molar-refractivity contribution in [3.05, 3.63) is 30.3 Å². The van der Waals surface area contributed by atoms with E-state index in [1.165, 1.54) is 0 Å². The maximum atomic E-state index is 9.57. The van der Waals surface area contributed by atoms with Crippen LogP contribution < -0.4 is 4.74 Å². The van der Waals surface area contributed by atoms with Crippen molar-refractivity contribution in [2.45, 2.75) is 38.3 Å². The first-order valence-corrected chi connectivity index (χ1v) is 5.29. The van der Waals surface area contributed by atoms with Crippen molar-refractivity contribution in [3.63, 3.8) is 0 Å². The van der Waals surface area contributed by atoms with Gasteiger partial charge in [-0.3, -0.25) is 0 Å². The zero-order chi connectivity index (χ0) is 10.7. The fourth-order valence-corrected chi connectivity index (χ4v) is 1.80. The summed E-state index contributed by atoms with van der Waals surface area (Å²) >= 11 is 0. The summed E-state index contributed by atoms with van der Waals surface area (Å²) in [6, 6.07) is 9.53. The lowest BCUT2D eigenvalue weighted by atomic mass is 10.1. The molecule has 1 heterocycles. The zero-order valence-corrected chi connectivity index (χ0v) is 8.80. The molecule has 1 N–H and O–H groups in total. The molecule has 1 saturated heterocycles. The lowest BCUT2D eigenvalue weighted by Crippen LogP contribution is -2.37. The van der Waals surface area contributed by atoms with Crippen LogP contribution in [0, 0.1) is 0 Å². The molecule has 1 fully saturated rings. The number of benzene rings is 1. The largest absolute Gasteiger partial charge is 0.465 e. The van der Waals surface area contributed by atoms with Crippen LogP contribution in [-0.2, 0) is 4.74 Å². The third-order valence-corrected chi connectivity index (χ3v) is 2.46. The van der Waals surface area contributed by atoms with Crippen LogP contribution in [0.5, 0.6) is 5.75 Å². The second-order valence-corrected chi connectivity index (χ2v) is 3.93. The lowest BCUT2D eigenvalue weighted by Gasteiger charge is -2.31. The quantitative estimate of drug-likeness (QED) is 0.807. The Morgan fingerprint density at radius 3 is 2.67 bits per heavy atom. The molecular weight excluding hydrogens is 192 g/mol. The summed E-state index contributed by atoms with van der Waals surface area (Å²) in [5.41, 5.74) is 0. The number of hydrogen-bond donors (Lipinski definition) is 1. The van der Waals surface area contributed by atoms with Crippen LogP contribution >= 0.6 is 0 Å². The molecule has 3 unspecified atom stereocenters. The van der Waals surface area contributed by atoms with Crippen LogP contribution in [0.1, 0.15) is 19.8 Å². The lowest BCUT2D eigenvalue weighted by molar-refractivity contribution is -0.169. The number of hydrogen-bond acceptors (Lipinski definition) is 3. The molecule has 0 saturated carbocycles. The highest BCUT2D eigenvalue weighted by Crippen LogP contribution is 2.22. The van der Waals surface area contributed by atoms with Crippen molar-refractivity contribution in [2.75, 3.05) is 0 Å². The van der Waals surface area contributed by atoms with E-state index in [4.69, 9.17) is 9.47 Å². The van der Waals surface area contributed by atoms with Crippen LogP contribution in [0.15, 0.2) is 30.3 Å². The third-order valence-electron chi connectivity index (χ3n) is 2.46. The molecule has 1 aromatic rings. The smallest absolute Gasteiger partial charge is 0.202 e. The van der Waals surface area contributed by atoms with Gasteiger partial charge in [-0.25, -0.2) is 0 Å². The molecule has 0 spiro atoms. The number of ether oxygens (including phenoxy) is 2. The van der Waals surface area contributed by atoms with E-state index in [9.17, 15) is 5.11 Å². The van der Waals surface area contributed by atoms with Gasteiger partial charge in [0.25, 0.3) is 0 Å². The number of para-hydroxylation sites is 1. The van der Waals surface area contributed by atoms with E-state index in [-0.39, 0.29) is 18.5 Å². The standard InChI is InChI=1S/C12H16O3/c1-9-7-10(13)8-12(14-9)15-11-5-3-2-4-6-11/h2-6,9-10,12-13H,7-8H2,1H3. The number of aliphatic hydroxyl groups is 1. The van der Waals surface area contributed by atoms with Crippen molar-refractivity contribution in [1.82, 2.24) is 0 Å². The first-order chi connectivity index (χ1) is 7.24. The van der Waals surface area contributed by atoms with Gasteiger partial charge >= 0.3 is 0 Å². The average molecular weight is 208 g/mol. The Morgan fingerprint density at radius 1 is 1.27 bits per heavy atom. The molecule has 0 aliphatic carbocycles. The Bertz CT molecular complexity index is 289. The van der Waals surface area contributed by atoms with Gasteiger partial charge < -0.3 is 14.6 Å². The molecule has 3 atom stereocenters. The van der Waals surface area contributed by atoms with E-state index >= 15 is 0 Å². The molecule has 3 heteroatoms. The van der Waals surface area contributed by atoms with Gasteiger partial charge in [-0.05, 0) is 25.5 Å². The van der Waals surface area contributed by atoms with E-state index in [1.54, 1.807) is 0 Å². The Kier molecular flexibility index (Phi) is 3.23. The van der Waals surface area contributed by atoms with Gasteiger partial charge in [0, 0.05) is 6.42 Å². The van der Waals surface area contributed by atoms with Crippen molar-refractivity contribution >= 4 is 0 Å². The molecular formula is C12H16O3. The van der Waals surface area contributed by atoms with Gasteiger partial charge in [0.1, 0.15) is 5.75 Å².